The summed E-state index contributed by atoms with van der Waals surface area (Å²) in [6.45, 7) is 12.6. The molecule has 3 rings (SSSR count). The van der Waals surface area contributed by atoms with Crippen LogP contribution < -0.4 is 4.74 Å². The Balaban J connectivity index is 1.43. The van der Waals surface area contributed by atoms with Crippen LogP contribution in [0.25, 0.3) is 0 Å². The van der Waals surface area contributed by atoms with Crippen molar-refractivity contribution in [1.82, 2.24) is 14.7 Å². The molecule has 0 aromatic heterocycles. The maximum absolute atomic E-state index is 6.38. The van der Waals surface area contributed by atoms with E-state index >= 15 is 0 Å². The van der Waals surface area contributed by atoms with Crippen molar-refractivity contribution in [2.45, 2.75) is 45.3 Å². The molecule has 2 atom stereocenters. The van der Waals surface area contributed by atoms with Crippen molar-refractivity contribution in [1.29, 1.82) is 0 Å². The van der Waals surface area contributed by atoms with Crippen LogP contribution >= 0.6 is 11.6 Å². The molecule has 140 valence electrons. The molecule has 2 aliphatic rings. The van der Waals surface area contributed by atoms with E-state index in [-0.39, 0.29) is 0 Å². The number of methoxy groups -OCH3 is 1. The Kier molecular flexibility index (Phi) is 6.61. The summed E-state index contributed by atoms with van der Waals surface area (Å²) in [6.07, 6.45) is 2.72. The van der Waals surface area contributed by atoms with E-state index < -0.39 is 0 Å². The molecule has 25 heavy (non-hydrogen) atoms. The third-order valence-corrected chi connectivity index (χ3v) is 6.28. The molecule has 0 amide bonds. The van der Waals surface area contributed by atoms with E-state index in [0.717, 1.165) is 55.6 Å². The van der Waals surface area contributed by atoms with Gasteiger partial charge in [-0.2, -0.15) is 0 Å². The Morgan fingerprint density at radius 1 is 1.00 bits per heavy atom. The van der Waals surface area contributed by atoms with Gasteiger partial charge in [-0.25, -0.2) is 0 Å². The minimum absolute atomic E-state index is 0.758. The smallest absolute Gasteiger partial charge is 0.120 e. The number of hydrogen-bond donors (Lipinski definition) is 0. The minimum atomic E-state index is 0.758. The summed E-state index contributed by atoms with van der Waals surface area (Å²) in [5, 5.41) is 0.804. The summed E-state index contributed by atoms with van der Waals surface area (Å²) in [7, 11) is 1.67. The van der Waals surface area contributed by atoms with Crippen molar-refractivity contribution in [2.24, 2.45) is 0 Å². The Hall–Kier alpha value is -0.810. The third kappa shape index (κ3) is 4.88. The molecule has 0 bridgehead atoms. The van der Waals surface area contributed by atoms with Crippen LogP contribution in [0, 0.1) is 0 Å². The summed E-state index contributed by atoms with van der Waals surface area (Å²) in [4.78, 5) is 7.80. The van der Waals surface area contributed by atoms with Crippen LogP contribution in [-0.4, -0.2) is 73.2 Å². The lowest BCUT2D eigenvalue weighted by molar-refractivity contribution is 0.106. The van der Waals surface area contributed by atoms with Gasteiger partial charge in [-0.15, -0.1) is 0 Å². The molecule has 2 heterocycles. The fourth-order valence-electron chi connectivity index (χ4n) is 4.14. The van der Waals surface area contributed by atoms with Crippen molar-refractivity contribution in [2.75, 3.05) is 46.4 Å². The molecule has 0 N–H and O–H groups in total. The van der Waals surface area contributed by atoms with E-state index in [9.17, 15) is 0 Å². The number of halogens is 1. The fourth-order valence-corrected chi connectivity index (χ4v) is 4.37. The molecule has 4 nitrogen and oxygen atoms in total. The predicted molar refractivity (Wildman–Crippen MR) is 105 cm³/mol. The van der Waals surface area contributed by atoms with Crippen LogP contribution in [0.5, 0.6) is 5.75 Å². The van der Waals surface area contributed by atoms with E-state index in [0.29, 0.717) is 0 Å². The zero-order valence-electron chi connectivity index (χ0n) is 15.9. The fraction of sp³-hybridized carbons (Fsp3) is 0.700. The Morgan fingerprint density at radius 2 is 1.64 bits per heavy atom. The first kappa shape index (κ1) is 19.0. The van der Waals surface area contributed by atoms with Gasteiger partial charge in [-0.05, 0) is 44.4 Å². The van der Waals surface area contributed by atoms with Crippen molar-refractivity contribution >= 4 is 11.6 Å². The van der Waals surface area contributed by atoms with Crippen LogP contribution in [-0.2, 0) is 6.54 Å². The van der Waals surface area contributed by atoms with Gasteiger partial charge in [0.15, 0.2) is 0 Å². The lowest BCUT2D eigenvalue weighted by Gasteiger charge is -2.36. The van der Waals surface area contributed by atoms with Gasteiger partial charge < -0.3 is 4.74 Å². The van der Waals surface area contributed by atoms with Crippen LogP contribution in [0.1, 0.15) is 32.3 Å². The summed E-state index contributed by atoms with van der Waals surface area (Å²) in [5.41, 5.74) is 1.19. The van der Waals surface area contributed by atoms with E-state index in [1.165, 1.54) is 31.5 Å². The van der Waals surface area contributed by atoms with Crippen LogP contribution in [0.2, 0.25) is 5.02 Å². The van der Waals surface area contributed by atoms with Gasteiger partial charge in [0, 0.05) is 62.9 Å². The van der Waals surface area contributed by atoms with Gasteiger partial charge in [0.25, 0.3) is 0 Å². The van der Waals surface area contributed by atoms with Crippen LogP contribution in [0.15, 0.2) is 18.2 Å². The molecule has 5 heteroatoms. The van der Waals surface area contributed by atoms with E-state index in [1.807, 2.05) is 12.1 Å². The maximum Gasteiger partial charge on any atom is 0.120 e. The van der Waals surface area contributed by atoms with Crippen LogP contribution in [0.4, 0.5) is 0 Å². The summed E-state index contributed by atoms with van der Waals surface area (Å²) < 4.78 is 5.23. The molecule has 0 saturated carbocycles. The molecule has 2 saturated heterocycles. The number of benzene rings is 1. The number of rotatable bonds is 6. The van der Waals surface area contributed by atoms with Crippen molar-refractivity contribution < 1.29 is 4.74 Å². The van der Waals surface area contributed by atoms with E-state index in [4.69, 9.17) is 16.3 Å². The molecule has 2 unspecified atom stereocenters. The van der Waals surface area contributed by atoms with Gasteiger partial charge >= 0.3 is 0 Å². The summed E-state index contributed by atoms with van der Waals surface area (Å²) in [6, 6.07) is 7.51. The molecule has 2 fully saturated rings. The van der Waals surface area contributed by atoms with Gasteiger partial charge in [-0.3, -0.25) is 14.7 Å². The minimum Gasteiger partial charge on any atom is -0.497 e. The molecule has 0 radical (unpaired) electrons. The number of piperazine rings is 1. The standard InChI is InChI=1S/C20H32ClN3O/c1-16-4-5-17(2)24(16)13-12-22-8-10-23(11-9-22)15-18-6-7-19(25-3)14-20(18)21/h6-7,14,16-17H,4-5,8-13,15H2,1-3H3. The van der Waals surface area contributed by atoms with Gasteiger partial charge in [0.05, 0.1) is 7.11 Å². The Bertz CT molecular complexity index is 550. The highest BCUT2D eigenvalue weighted by Gasteiger charge is 2.27. The average Bonchev–Trinajstić information content (AvgIpc) is 2.94. The second kappa shape index (κ2) is 8.72. The molecular formula is C20H32ClN3O. The number of nitrogens with zero attached hydrogens (tertiary/aromatic N) is 3. The topological polar surface area (TPSA) is 19.0 Å². The lowest BCUT2D eigenvalue weighted by Crippen LogP contribution is -2.48. The SMILES string of the molecule is COc1ccc(CN2CCN(CCN3C(C)CCC3C)CC2)c(Cl)c1. The predicted octanol–water partition coefficient (Wildman–Crippen LogP) is 3.34. The Morgan fingerprint density at radius 3 is 2.24 bits per heavy atom. The number of hydrogen-bond acceptors (Lipinski definition) is 4. The van der Waals surface area contributed by atoms with Crippen molar-refractivity contribution in [3.8, 4) is 5.75 Å². The van der Waals surface area contributed by atoms with E-state index in [1.54, 1.807) is 7.11 Å². The molecular weight excluding hydrogens is 334 g/mol. The van der Waals surface area contributed by atoms with Crippen LogP contribution in [0.3, 0.4) is 0 Å². The maximum atomic E-state index is 6.38. The second-order valence-corrected chi connectivity index (χ2v) is 8.00. The highest BCUT2D eigenvalue weighted by atomic mass is 35.5. The third-order valence-electron chi connectivity index (χ3n) is 5.93. The largest absolute Gasteiger partial charge is 0.497 e. The first-order valence-electron chi connectivity index (χ1n) is 9.59. The van der Waals surface area contributed by atoms with E-state index in [2.05, 4.69) is 34.6 Å². The molecule has 2 aliphatic heterocycles. The first-order chi connectivity index (χ1) is 12.1. The molecule has 1 aromatic carbocycles. The Labute approximate surface area is 157 Å². The van der Waals surface area contributed by atoms with Crippen molar-refractivity contribution in [3.63, 3.8) is 0 Å². The summed E-state index contributed by atoms with van der Waals surface area (Å²) in [5.74, 6) is 0.823. The van der Waals surface area contributed by atoms with Crippen molar-refractivity contribution in [3.05, 3.63) is 28.8 Å². The normalized spacial score (nSPS) is 26.2. The molecule has 0 spiro atoms. The van der Waals surface area contributed by atoms with Gasteiger partial charge in [-0.1, -0.05) is 17.7 Å². The second-order valence-electron chi connectivity index (χ2n) is 7.59. The summed E-state index contributed by atoms with van der Waals surface area (Å²) >= 11 is 6.38. The molecule has 1 aromatic rings. The quantitative estimate of drug-likeness (QED) is 0.769. The first-order valence-corrected chi connectivity index (χ1v) is 9.97. The monoisotopic (exact) mass is 365 g/mol. The highest BCUT2D eigenvalue weighted by Crippen LogP contribution is 2.25. The zero-order valence-corrected chi connectivity index (χ0v) is 16.6. The van der Waals surface area contributed by atoms with Gasteiger partial charge in [0.2, 0.25) is 0 Å². The molecule has 0 aliphatic carbocycles. The zero-order chi connectivity index (χ0) is 17.8. The lowest BCUT2D eigenvalue weighted by atomic mass is 10.2. The average molecular weight is 366 g/mol. The number of ether oxygens (including phenoxy) is 1. The van der Waals surface area contributed by atoms with Gasteiger partial charge in [0.1, 0.15) is 5.75 Å². The highest BCUT2D eigenvalue weighted by molar-refractivity contribution is 6.31. The number of likely N-dealkylation sites (tertiary alicyclic amines) is 1.